The van der Waals surface area contributed by atoms with E-state index in [0.717, 1.165) is 11.8 Å². The van der Waals surface area contributed by atoms with Gasteiger partial charge in [0.1, 0.15) is 6.54 Å². The Morgan fingerprint density at radius 2 is 2.07 bits per heavy atom. The Kier molecular flexibility index (Phi) is 1.67. The predicted molar refractivity (Wildman–Crippen MR) is 55.0 cm³/mol. The lowest BCUT2D eigenvalue weighted by atomic mass is 10.2. The summed E-state index contributed by atoms with van der Waals surface area (Å²) in [6, 6.07) is 2.28. The molecule has 0 amide bonds. The second kappa shape index (κ2) is 2.88. The molecule has 0 atom stereocenters. The first-order valence-corrected chi connectivity index (χ1v) is 5.39. The van der Waals surface area contributed by atoms with E-state index in [1.165, 1.54) is 37.1 Å². The number of nitrogens with zero attached hydrogens (tertiary/aromatic N) is 2. The van der Waals surface area contributed by atoms with Gasteiger partial charge in [-0.05, 0) is 31.7 Å². The van der Waals surface area contributed by atoms with Crippen molar-refractivity contribution in [2.24, 2.45) is 0 Å². The van der Waals surface area contributed by atoms with Gasteiger partial charge in [0.25, 0.3) is 0 Å². The van der Waals surface area contributed by atoms with E-state index in [1.807, 2.05) is 4.68 Å². The molecule has 0 spiro atoms. The Hall–Kier alpha value is -1.23. The van der Waals surface area contributed by atoms with Crippen LogP contribution in [0.25, 0.3) is 0 Å². The van der Waals surface area contributed by atoms with Crippen molar-refractivity contribution in [3.8, 4) is 12.3 Å². The summed E-state index contributed by atoms with van der Waals surface area (Å²) in [4.78, 5) is 0. The smallest absolute Gasteiger partial charge is 0.102 e. The van der Waals surface area contributed by atoms with Crippen molar-refractivity contribution in [1.29, 1.82) is 0 Å². The molecule has 14 heavy (non-hydrogen) atoms. The van der Waals surface area contributed by atoms with Gasteiger partial charge in [0.2, 0.25) is 0 Å². The molecule has 2 nitrogen and oxygen atoms in total. The predicted octanol–water partition coefficient (Wildman–Crippen LogP) is 2.27. The molecule has 0 aromatic carbocycles. The fourth-order valence-electron chi connectivity index (χ4n) is 1.95. The van der Waals surface area contributed by atoms with E-state index in [2.05, 4.69) is 17.1 Å². The first kappa shape index (κ1) is 8.11. The van der Waals surface area contributed by atoms with Crippen molar-refractivity contribution < 1.29 is 0 Å². The Morgan fingerprint density at radius 1 is 1.36 bits per heavy atom. The molecule has 0 N–H and O–H groups in total. The maximum absolute atomic E-state index is 5.34. The monoisotopic (exact) mass is 186 g/mol. The summed E-state index contributed by atoms with van der Waals surface area (Å²) in [5, 5.41) is 4.60. The Labute approximate surface area is 84.3 Å². The minimum absolute atomic E-state index is 0.637. The fourth-order valence-corrected chi connectivity index (χ4v) is 1.95. The van der Waals surface area contributed by atoms with Gasteiger partial charge >= 0.3 is 0 Å². The molecule has 2 aliphatic carbocycles. The van der Waals surface area contributed by atoms with Crippen LogP contribution in [0.15, 0.2) is 6.07 Å². The minimum atomic E-state index is 0.637. The van der Waals surface area contributed by atoms with Crippen LogP contribution >= 0.6 is 0 Å². The van der Waals surface area contributed by atoms with Gasteiger partial charge in [-0.3, -0.25) is 4.68 Å². The lowest BCUT2D eigenvalue weighted by Crippen LogP contribution is -2.02. The highest BCUT2D eigenvalue weighted by Crippen LogP contribution is 2.44. The van der Waals surface area contributed by atoms with Gasteiger partial charge in [-0.2, -0.15) is 5.10 Å². The summed E-state index contributed by atoms with van der Waals surface area (Å²) in [5.74, 6) is 4.18. The second-order valence-electron chi connectivity index (χ2n) is 4.40. The van der Waals surface area contributed by atoms with E-state index < -0.39 is 0 Å². The van der Waals surface area contributed by atoms with Crippen molar-refractivity contribution >= 4 is 0 Å². The maximum atomic E-state index is 5.34. The first-order valence-electron chi connectivity index (χ1n) is 5.39. The van der Waals surface area contributed by atoms with Crippen molar-refractivity contribution in [1.82, 2.24) is 9.78 Å². The lowest BCUT2D eigenvalue weighted by Gasteiger charge is -2.00. The Morgan fingerprint density at radius 3 is 2.64 bits per heavy atom. The van der Waals surface area contributed by atoms with Crippen LogP contribution in [0.1, 0.15) is 48.9 Å². The number of hydrogen-bond donors (Lipinski definition) is 0. The lowest BCUT2D eigenvalue weighted by molar-refractivity contribution is 0.659. The molecule has 0 aliphatic heterocycles. The summed E-state index contributed by atoms with van der Waals surface area (Å²) >= 11 is 0. The Balaban J connectivity index is 1.93. The summed E-state index contributed by atoms with van der Waals surface area (Å²) < 4.78 is 2.03. The van der Waals surface area contributed by atoms with E-state index in [4.69, 9.17) is 6.42 Å². The molecule has 1 heterocycles. The molecule has 2 heteroatoms. The molecule has 0 radical (unpaired) electrons. The van der Waals surface area contributed by atoms with Gasteiger partial charge in [0.05, 0.1) is 5.69 Å². The largest absolute Gasteiger partial charge is 0.257 e. The van der Waals surface area contributed by atoms with E-state index in [-0.39, 0.29) is 0 Å². The molecule has 2 aliphatic rings. The zero-order valence-corrected chi connectivity index (χ0v) is 8.24. The van der Waals surface area contributed by atoms with Crippen LogP contribution in [0, 0.1) is 12.3 Å². The second-order valence-corrected chi connectivity index (χ2v) is 4.40. The third kappa shape index (κ3) is 1.33. The van der Waals surface area contributed by atoms with Gasteiger partial charge < -0.3 is 0 Å². The van der Waals surface area contributed by atoms with E-state index in [0.29, 0.717) is 6.54 Å². The third-order valence-corrected chi connectivity index (χ3v) is 3.06. The number of terminal acetylenes is 1. The standard InChI is InChI=1S/C12H14N2/c1-2-7-14-12(10-5-6-10)8-11(13-14)9-3-4-9/h1,8-10H,3-7H2. The van der Waals surface area contributed by atoms with Gasteiger partial charge in [-0.15, -0.1) is 6.42 Å². The number of rotatable bonds is 3. The van der Waals surface area contributed by atoms with Crippen LogP contribution in [0.5, 0.6) is 0 Å². The molecule has 2 saturated carbocycles. The van der Waals surface area contributed by atoms with E-state index in [1.54, 1.807) is 0 Å². The molecule has 0 unspecified atom stereocenters. The summed E-state index contributed by atoms with van der Waals surface area (Å²) in [5.41, 5.74) is 2.66. The van der Waals surface area contributed by atoms with Crippen LogP contribution < -0.4 is 0 Å². The zero-order chi connectivity index (χ0) is 9.54. The fraction of sp³-hybridized carbons (Fsp3) is 0.583. The van der Waals surface area contributed by atoms with E-state index >= 15 is 0 Å². The van der Waals surface area contributed by atoms with Crippen molar-refractivity contribution in [3.05, 3.63) is 17.5 Å². The molecule has 1 aromatic rings. The van der Waals surface area contributed by atoms with Gasteiger partial charge in [-0.25, -0.2) is 0 Å². The third-order valence-electron chi connectivity index (χ3n) is 3.06. The van der Waals surface area contributed by atoms with Crippen LogP contribution in [0.3, 0.4) is 0 Å². The highest BCUT2D eigenvalue weighted by molar-refractivity contribution is 5.24. The Bertz CT molecular complexity index is 389. The van der Waals surface area contributed by atoms with Crippen LogP contribution in [0.4, 0.5) is 0 Å². The molecule has 2 fully saturated rings. The van der Waals surface area contributed by atoms with Gasteiger partial charge in [0, 0.05) is 17.5 Å². The summed E-state index contributed by atoms with van der Waals surface area (Å²) in [6.45, 7) is 0.637. The normalized spacial score (nSPS) is 20.8. The quantitative estimate of drug-likeness (QED) is 0.662. The topological polar surface area (TPSA) is 17.8 Å². The summed E-state index contributed by atoms with van der Waals surface area (Å²) in [6.07, 6.45) is 10.6. The number of aromatic nitrogens is 2. The maximum Gasteiger partial charge on any atom is 0.102 e. The molecular weight excluding hydrogens is 172 g/mol. The van der Waals surface area contributed by atoms with Gasteiger partial charge in [0.15, 0.2) is 0 Å². The number of hydrogen-bond acceptors (Lipinski definition) is 1. The highest BCUT2D eigenvalue weighted by Gasteiger charge is 2.32. The van der Waals surface area contributed by atoms with E-state index in [9.17, 15) is 0 Å². The first-order chi connectivity index (χ1) is 6.88. The van der Waals surface area contributed by atoms with Crippen molar-refractivity contribution in [3.63, 3.8) is 0 Å². The van der Waals surface area contributed by atoms with Crippen LogP contribution in [-0.2, 0) is 6.54 Å². The molecular formula is C12H14N2. The van der Waals surface area contributed by atoms with Crippen LogP contribution in [0.2, 0.25) is 0 Å². The summed E-state index contributed by atoms with van der Waals surface area (Å²) in [7, 11) is 0. The SMILES string of the molecule is C#CCn1nc(C2CC2)cc1C1CC1. The average Bonchev–Trinajstić information content (AvgIpc) is 3.07. The van der Waals surface area contributed by atoms with Crippen molar-refractivity contribution in [2.75, 3.05) is 0 Å². The molecule has 3 rings (SSSR count). The molecule has 0 bridgehead atoms. The highest BCUT2D eigenvalue weighted by atomic mass is 15.3. The zero-order valence-electron chi connectivity index (χ0n) is 8.24. The minimum Gasteiger partial charge on any atom is -0.257 e. The van der Waals surface area contributed by atoms with Gasteiger partial charge in [-0.1, -0.05) is 5.92 Å². The molecule has 1 aromatic heterocycles. The molecule has 72 valence electrons. The van der Waals surface area contributed by atoms with Crippen molar-refractivity contribution in [2.45, 2.75) is 44.1 Å². The molecule has 0 saturated heterocycles. The average molecular weight is 186 g/mol. The van der Waals surface area contributed by atoms with Crippen LogP contribution in [-0.4, -0.2) is 9.78 Å².